The van der Waals surface area contributed by atoms with Crippen LogP contribution in [0, 0.1) is 21.1 Å². The number of benzene rings is 2. The minimum absolute atomic E-state index is 0.124. The maximum absolute atomic E-state index is 13.5. The lowest BCUT2D eigenvalue weighted by Gasteiger charge is -2.24. The maximum Gasteiger partial charge on any atom is 0.217 e. The number of amides is 1. The highest BCUT2D eigenvalue weighted by Crippen LogP contribution is 2.17. The average Bonchev–Trinajstić information content (AvgIpc) is 2.62. The van der Waals surface area contributed by atoms with Gasteiger partial charge in [-0.2, -0.15) is 0 Å². The number of nitrogens with one attached hydrogen (secondary N) is 2. The summed E-state index contributed by atoms with van der Waals surface area (Å²) in [6.07, 6.45) is 0.205. The van der Waals surface area contributed by atoms with Gasteiger partial charge in [-0.25, -0.2) is 8.78 Å². The molecule has 0 radical (unpaired) electrons. The van der Waals surface area contributed by atoms with Crippen LogP contribution in [0.15, 0.2) is 36.4 Å². The van der Waals surface area contributed by atoms with Gasteiger partial charge in [0.1, 0.15) is 11.6 Å². The topological polar surface area (TPSA) is 61.4 Å². The Labute approximate surface area is 190 Å². The second kappa shape index (κ2) is 11.7. The van der Waals surface area contributed by atoms with Crippen molar-refractivity contribution in [3.63, 3.8) is 0 Å². The van der Waals surface area contributed by atoms with E-state index in [-0.39, 0.29) is 18.9 Å². The van der Waals surface area contributed by atoms with Crippen molar-refractivity contribution < 1.29 is 18.7 Å². The van der Waals surface area contributed by atoms with E-state index in [0.717, 1.165) is 21.6 Å². The maximum atomic E-state index is 13.5. The van der Waals surface area contributed by atoms with Crippen LogP contribution >= 0.6 is 22.6 Å². The Bertz CT molecular complexity index is 841. The number of hydrogen-bond acceptors (Lipinski definition) is 3. The summed E-state index contributed by atoms with van der Waals surface area (Å²) in [6.45, 7) is 6.51. The van der Waals surface area contributed by atoms with E-state index in [4.69, 9.17) is 0 Å². The molecule has 0 heterocycles. The van der Waals surface area contributed by atoms with Crippen LogP contribution in [0.3, 0.4) is 0 Å². The first-order valence-corrected chi connectivity index (χ1v) is 11.1. The van der Waals surface area contributed by atoms with Gasteiger partial charge in [0.15, 0.2) is 0 Å². The first-order valence-electron chi connectivity index (χ1n) is 10.0. The van der Waals surface area contributed by atoms with Crippen LogP contribution in [0.4, 0.5) is 8.78 Å². The lowest BCUT2D eigenvalue weighted by molar-refractivity contribution is -0.120. The minimum atomic E-state index is -0.920. The molecule has 1 amide bonds. The van der Waals surface area contributed by atoms with Gasteiger partial charge in [0, 0.05) is 29.6 Å². The van der Waals surface area contributed by atoms with E-state index in [1.165, 1.54) is 24.6 Å². The Kier molecular flexibility index (Phi) is 9.64. The molecule has 2 rings (SSSR count). The van der Waals surface area contributed by atoms with Gasteiger partial charge in [-0.3, -0.25) is 4.79 Å². The summed E-state index contributed by atoms with van der Waals surface area (Å²) in [5, 5.41) is 16.5. The highest BCUT2D eigenvalue weighted by atomic mass is 127. The summed E-state index contributed by atoms with van der Waals surface area (Å²) < 4.78 is 28.1. The fraction of sp³-hybridized carbons (Fsp3) is 0.435. The number of rotatable bonds is 10. The van der Waals surface area contributed by atoms with Crippen LogP contribution in [0.5, 0.6) is 0 Å². The highest BCUT2D eigenvalue weighted by Gasteiger charge is 2.21. The lowest BCUT2D eigenvalue weighted by atomic mass is 10.00. The molecule has 2 atom stereocenters. The molecule has 2 unspecified atom stereocenters. The highest BCUT2D eigenvalue weighted by molar-refractivity contribution is 14.1. The third-order valence-electron chi connectivity index (χ3n) is 4.65. The molecule has 0 fully saturated rings. The number of carbonyl (C=O) groups is 1. The predicted molar refractivity (Wildman–Crippen MR) is 123 cm³/mol. The van der Waals surface area contributed by atoms with Crippen molar-refractivity contribution in [2.75, 3.05) is 6.54 Å². The molecule has 164 valence electrons. The van der Waals surface area contributed by atoms with Gasteiger partial charge >= 0.3 is 0 Å². The predicted octanol–water partition coefficient (Wildman–Crippen LogP) is 3.97. The van der Waals surface area contributed by atoms with Crippen molar-refractivity contribution in [1.29, 1.82) is 0 Å². The fourth-order valence-corrected chi connectivity index (χ4v) is 3.91. The molecule has 0 saturated carbocycles. The van der Waals surface area contributed by atoms with Gasteiger partial charge in [-0.05, 0) is 76.2 Å². The molecule has 3 N–H and O–H groups in total. The fourth-order valence-electron chi connectivity index (χ4n) is 3.39. The number of carbonyl (C=O) groups excluding carboxylic acids is 1. The Morgan fingerprint density at radius 1 is 1.07 bits per heavy atom. The third-order valence-corrected chi connectivity index (χ3v) is 5.71. The molecule has 0 spiro atoms. The Morgan fingerprint density at radius 2 is 1.73 bits per heavy atom. The van der Waals surface area contributed by atoms with Crippen molar-refractivity contribution >= 4 is 28.5 Å². The molecule has 4 nitrogen and oxygen atoms in total. The van der Waals surface area contributed by atoms with E-state index in [2.05, 4.69) is 65.3 Å². The average molecular weight is 530 g/mol. The number of halogens is 3. The van der Waals surface area contributed by atoms with Gasteiger partial charge in [-0.15, -0.1) is 0 Å². The standard InChI is InChI=1S/C23H29F2IN2O2/c1-14(2)6-16-4-5-21(26)18(7-16)12-27-13-23(30)22(28-15(3)29)10-17-8-19(24)11-20(25)9-17/h4-5,7-9,11,14,22-23,27,30H,6,10,12-13H2,1-3H3,(H,28,29). The Morgan fingerprint density at radius 3 is 2.33 bits per heavy atom. The van der Waals surface area contributed by atoms with E-state index in [0.29, 0.717) is 18.0 Å². The lowest BCUT2D eigenvalue weighted by Crippen LogP contribution is -2.48. The first kappa shape index (κ1) is 24.7. The van der Waals surface area contributed by atoms with Crippen LogP contribution in [-0.4, -0.2) is 29.7 Å². The van der Waals surface area contributed by atoms with Crippen LogP contribution in [0.2, 0.25) is 0 Å². The summed E-state index contributed by atoms with van der Waals surface area (Å²) >= 11 is 2.29. The number of hydrogen-bond donors (Lipinski definition) is 3. The Balaban J connectivity index is 2.00. The second-order valence-corrected chi connectivity index (χ2v) is 9.17. The molecule has 30 heavy (non-hydrogen) atoms. The van der Waals surface area contributed by atoms with E-state index < -0.39 is 23.8 Å². The molecule has 0 aliphatic heterocycles. The van der Waals surface area contributed by atoms with Crippen LogP contribution in [-0.2, 0) is 24.2 Å². The smallest absolute Gasteiger partial charge is 0.217 e. The van der Waals surface area contributed by atoms with E-state index in [1.807, 2.05) is 0 Å². The van der Waals surface area contributed by atoms with Gasteiger partial charge in [0.2, 0.25) is 5.91 Å². The van der Waals surface area contributed by atoms with Crippen molar-refractivity contribution in [3.05, 3.63) is 68.3 Å². The van der Waals surface area contributed by atoms with E-state index in [1.54, 1.807) is 0 Å². The SMILES string of the molecule is CC(=O)NC(Cc1cc(F)cc(F)c1)C(O)CNCc1cc(CC(C)C)ccc1I. The molecular weight excluding hydrogens is 501 g/mol. The molecule has 7 heteroatoms. The molecule has 0 aliphatic carbocycles. The zero-order chi connectivity index (χ0) is 22.3. The van der Waals surface area contributed by atoms with E-state index >= 15 is 0 Å². The molecule has 2 aromatic rings. The van der Waals surface area contributed by atoms with Crippen molar-refractivity contribution in [2.45, 2.75) is 52.3 Å². The summed E-state index contributed by atoms with van der Waals surface area (Å²) in [5.74, 6) is -1.12. The second-order valence-electron chi connectivity index (χ2n) is 8.01. The van der Waals surface area contributed by atoms with Crippen molar-refractivity contribution in [2.24, 2.45) is 5.92 Å². The van der Waals surface area contributed by atoms with Crippen LogP contribution < -0.4 is 10.6 Å². The zero-order valence-corrected chi connectivity index (χ0v) is 19.7. The van der Waals surface area contributed by atoms with E-state index in [9.17, 15) is 18.7 Å². The summed E-state index contributed by atoms with van der Waals surface area (Å²) in [7, 11) is 0. The summed E-state index contributed by atoms with van der Waals surface area (Å²) in [6, 6.07) is 8.94. The number of aliphatic hydroxyl groups excluding tert-OH is 1. The van der Waals surface area contributed by atoms with Gasteiger partial charge in [0.25, 0.3) is 0 Å². The summed E-state index contributed by atoms with van der Waals surface area (Å²) in [5.41, 5.74) is 2.79. The van der Waals surface area contributed by atoms with Gasteiger partial charge in [0.05, 0.1) is 12.1 Å². The van der Waals surface area contributed by atoms with Crippen molar-refractivity contribution in [3.8, 4) is 0 Å². The van der Waals surface area contributed by atoms with Crippen LogP contribution in [0.1, 0.15) is 37.5 Å². The Hall–Kier alpha value is -1.58. The monoisotopic (exact) mass is 530 g/mol. The molecule has 0 aromatic heterocycles. The first-order chi connectivity index (χ1) is 14.1. The van der Waals surface area contributed by atoms with Gasteiger partial charge in [-0.1, -0.05) is 26.0 Å². The molecule has 0 saturated heterocycles. The normalized spacial score (nSPS) is 13.3. The molecule has 0 bridgehead atoms. The van der Waals surface area contributed by atoms with Gasteiger partial charge < -0.3 is 15.7 Å². The third kappa shape index (κ3) is 8.28. The molecule has 2 aromatic carbocycles. The van der Waals surface area contributed by atoms with Crippen molar-refractivity contribution in [1.82, 2.24) is 10.6 Å². The number of aliphatic hydroxyl groups is 1. The zero-order valence-electron chi connectivity index (χ0n) is 17.5. The summed E-state index contributed by atoms with van der Waals surface area (Å²) in [4.78, 5) is 11.6. The largest absolute Gasteiger partial charge is 0.390 e. The van der Waals surface area contributed by atoms with Crippen LogP contribution in [0.25, 0.3) is 0 Å². The molecular formula is C23H29F2IN2O2. The molecule has 0 aliphatic rings. The quantitative estimate of drug-likeness (QED) is 0.408. The minimum Gasteiger partial charge on any atom is -0.390 e.